The number of hydrogen-bond acceptors (Lipinski definition) is 3. The van der Waals surface area contributed by atoms with Crippen molar-refractivity contribution in [2.75, 3.05) is 13.7 Å². The van der Waals surface area contributed by atoms with Gasteiger partial charge >= 0.3 is 0 Å². The highest BCUT2D eigenvalue weighted by atomic mass is 16.5. The van der Waals surface area contributed by atoms with E-state index in [4.69, 9.17) is 4.74 Å². The number of pyridine rings is 1. The molecule has 0 aromatic carbocycles. The summed E-state index contributed by atoms with van der Waals surface area (Å²) in [5.74, 6) is 0. The van der Waals surface area contributed by atoms with E-state index in [1.54, 1.807) is 0 Å². The summed E-state index contributed by atoms with van der Waals surface area (Å²) < 4.78 is 5.98. The molecular formula is C16H26N2O. The van der Waals surface area contributed by atoms with Crippen LogP contribution in [0.3, 0.4) is 0 Å². The third-order valence-electron chi connectivity index (χ3n) is 4.35. The van der Waals surface area contributed by atoms with Crippen molar-refractivity contribution in [1.29, 1.82) is 0 Å². The Hall–Kier alpha value is -0.930. The molecule has 1 unspecified atom stereocenters. The molecule has 1 fully saturated rings. The fraction of sp³-hybridized carbons (Fsp3) is 0.688. The van der Waals surface area contributed by atoms with Crippen LogP contribution >= 0.6 is 0 Å². The predicted octanol–water partition coefficient (Wildman–Crippen LogP) is 2.95. The molecule has 1 saturated carbocycles. The first-order valence-electron chi connectivity index (χ1n) is 7.48. The van der Waals surface area contributed by atoms with Gasteiger partial charge in [-0.2, -0.15) is 0 Å². The van der Waals surface area contributed by atoms with E-state index in [0.717, 1.165) is 13.0 Å². The summed E-state index contributed by atoms with van der Waals surface area (Å²) in [7, 11) is 1.87. The van der Waals surface area contributed by atoms with Gasteiger partial charge in [0.1, 0.15) is 0 Å². The maximum atomic E-state index is 5.98. The number of methoxy groups -OCH3 is 1. The highest BCUT2D eigenvalue weighted by molar-refractivity contribution is 5.13. The van der Waals surface area contributed by atoms with Crippen LogP contribution in [0.5, 0.6) is 0 Å². The molecule has 0 aliphatic heterocycles. The second-order valence-electron chi connectivity index (χ2n) is 5.51. The molecule has 1 aliphatic carbocycles. The fourth-order valence-corrected chi connectivity index (χ4v) is 3.29. The number of nitrogens with zero attached hydrogens (tertiary/aromatic N) is 1. The topological polar surface area (TPSA) is 34.2 Å². The van der Waals surface area contributed by atoms with Crippen LogP contribution in [0, 0.1) is 0 Å². The number of rotatable bonds is 6. The lowest BCUT2D eigenvalue weighted by atomic mass is 9.77. The average Bonchev–Trinajstić information content (AvgIpc) is 2.48. The van der Waals surface area contributed by atoms with Crippen LogP contribution in [0.1, 0.15) is 44.6 Å². The van der Waals surface area contributed by atoms with Gasteiger partial charge in [-0.1, -0.05) is 32.3 Å². The van der Waals surface area contributed by atoms with Gasteiger partial charge < -0.3 is 10.1 Å². The van der Waals surface area contributed by atoms with Gasteiger partial charge in [-0.3, -0.25) is 4.98 Å². The Morgan fingerprint density at radius 2 is 2.16 bits per heavy atom. The van der Waals surface area contributed by atoms with Gasteiger partial charge in [0.05, 0.1) is 5.60 Å². The average molecular weight is 262 g/mol. The number of hydrogen-bond donors (Lipinski definition) is 1. The molecule has 1 atom stereocenters. The molecule has 0 radical (unpaired) electrons. The molecular weight excluding hydrogens is 236 g/mol. The predicted molar refractivity (Wildman–Crippen MR) is 78.2 cm³/mol. The first-order valence-corrected chi connectivity index (χ1v) is 7.48. The molecule has 19 heavy (non-hydrogen) atoms. The normalized spacial score (nSPS) is 20.1. The van der Waals surface area contributed by atoms with Crippen molar-refractivity contribution in [3.05, 3.63) is 30.1 Å². The highest BCUT2D eigenvalue weighted by Crippen LogP contribution is 2.35. The van der Waals surface area contributed by atoms with Crippen molar-refractivity contribution >= 4 is 0 Å². The van der Waals surface area contributed by atoms with Crippen LogP contribution in [0.2, 0.25) is 0 Å². The summed E-state index contributed by atoms with van der Waals surface area (Å²) in [5, 5.41) is 3.64. The van der Waals surface area contributed by atoms with Crippen molar-refractivity contribution in [2.45, 2.75) is 57.1 Å². The third kappa shape index (κ3) is 3.54. The van der Waals surface area contributed by atoms with Gasteiger partial charge in [0.2, 0.25) is 0 Å². The van der Waals surface area contributed by atoms with E-state index in [1.165, 1.54) is 37.7 Å². The summed E-state index contributed by atoms with van der Waals surface area (Å²) in [5.41, 5.74) is 1.29. The number of ether oxygens (including phenoxy) is 1. The Labute approximate surface area is 116 Å². The minimum Gasteiger partial charge on any atom is -0.377 e. The zero-order valence-corrected chi connectivity index (χ0v) is 12.2. The van der Waals surface area contributed by atoms with E-state index in [-0.39, 0.29) is 5.60 Å². The fourth-order valence-electron chi connectivity index (χ4n) is 3.29. The quantitative estimate of drug-likeness (QED) is 0.856. The summed E-state index contributed by atoms with van der Waals surface area (Å²) in [6.45, 7) is 3.15. The standard InChI is InChI=1S/C16H26N2O/c1-3-18-15(12-14-8-7-11-17-13-14)16(19-2)9-5-4-6-10-16/h7-8,11,13,15,18H,3-6,9-10,12H2,1-2H3. The van der Waals surface area contributed by atoms with E-state index in [0.29, 0.717) is 6.04 Å². The molecule has 1 aromatic heterocycles. The summed E-state index contributed by atoms with van der Waals surface area (Å²) >= 11 is 0. The van der Waals surface area contributed by atoms with Crippen molar-refractivity contribution in [1.82, 2.24) is 10.3 Å². The van der Waals surface area contributed by atoms with Crippen LogP contribution in [0.4, 0.5) is 0 Å². The largest absolute Gasteiger partial charge is 0.377 e. The van der Waals surface area contributed by atoms with Crippen molar-refractivity contribution in [3.63, 3.8) is 0 Å². The Kier molecular flexibility index (Phi) is 5.34. The van der Waals surface area contributed by atoms with Gasteiger partial charge in [0, 0.05) is 25.5 Å². The molecule has 3 nitrogen and oxygen atoms in total. The highest BCUT2D eigenvalue weighted by Gasteiger charge is 2.39. The number of nitrogens with one attached hydrogen (secondary N) is 1. The molecule has 0 amide bonds. The minimum absolute atomic E-state index is 0.00407. The Morgan fingerprint density at radius 1 is 1.37 bits per heavy atom. The van der Waals surface area contributed by atoms with Crippen LogP contribution in [-0.2, 0) is 11.2 Å². The lowest BCUT2D eigenvalue weighted by Crippen LogP contribution is -2.54. The van der Waals surface area contributed by atoms with Gasteiger partial charge in [0.25, 0.3) is 0 Å². The Balaban J connectivity index is 2.13. The monoisotopic (exact) mass is 262 g/mol. The van der Waals surface area contributed by atoms with Gasteiger partial charge in [0.15, 0.2) is 0 Å². The molecule has 0 saturated heterocycles. The van der Waals surface area contributed by atoms with Crippen molar-refractivity contribution < 1.29 is 4.74 Å². The van der Waals surface area contributed by atoms with Gasteiger partial charge in [-0.25, -0.2) is 0 Å². The molecule has 1 aromatic rings. The second-order valence-corrected chi connectivity index (χ2v) is 5.51. The van der Waals surface area contributed by atoms with E-state index in [1.807, 2.05) is 25.6 Å². The Bertz CT molecular complexity index is 360. The third-order valence-corrected chi connectivity index (χ3v) is 4.35. The molecule has 106 valence electrons. The molecule has 1 aliphatic rings. The van der Waals surface area contributed by atoms with E-state index in [2.05, 4.69) is 23.3 Å². The van der Waals surface area contributed by atoms with Crippen LogP contribution in [0.15, 0.2) is 24.5 Å². The summed E-state index contributed by atoms with van der Waals surface area (Å²) in [6.07, 6.45) is 11.0. The van der Waals surface area contributed by atoms with E-state index < -0.39 is 0 Å². The summed E-state index contributed by atoms with van der Waals surface area (Å²) in [4.78, 5) is 4.22. The maximum Gasteiger partial charge on any atom is 0.0834 e. The van der Waals surface area contributed by atoms with Crippen LogP contribution in [0.25, 0.3) is 0 Å². The first-order chi connectivity index (χ1) is 9.30. The lowest BCUT2D eigenvalue weighted by molar-refractivity contribution is -0.0669. The minimum atomic E-state index is 0.00407. The molecule has 0 bridgehead atoms. The molecule has 1 heterocycles. The van der Waals surface area contributed by atoms with Crippen molar-refractivity contribution in [2.24, 2.45) is 0 Å². The smallest absolute Gasteiger partial charge is 0.0834 e. The zero-order valence-electron chi connectivity index (χ0n) is 12.2. The van der Waals surface area contributed by atoms with E-state index >= 15 is 0 Å². The maximum absolute atomic E-state index is 5.98. The van der Waals surface area contributed by atoms with E-state index in [9.17, 15) is 0 Å². The van der Waals surface area contributed by atoms with Crippen LogP contribution < -0.4 is 5.32 Å². The second kappa shape index (κ2) is 7.01. The first kappa shape index (κ1) is 14.5. The number of likely N-dealkylation sites (N-methyl/N-ethyl adjacent to an activating group) is 1. The number of aromatic nitrogens is 1. The zero-order chi connectivity index (χ0) is 13.6. The summed E-state index contributed by atoms with van der Waals surface area (Å²) in [6, 6.07) is 4.55. The lowest BCUT2D eigenvalue weighted by Gasteiger charge is -2.43. The van der Waals surface area contributed by atoms with Crippen LogP contribution in [-0.4, -0.2) is 30.3 Å². The SMILES string of the molecule is CCNC(Cc1cccnc1)C1(OC)CCCCC1. The molecule has 3 heteroatoms. The van der Waals surface area contributed by atoms with Gasteiger partial charge in [-0.15, -0.1) is 0 Å². The van der Waals surface area contributed by atoms with Crippen molar-refractivity contribution in [3.8, 4) is 0 Å². The van der Waals surface area contributed by atoms with Gasteiger partial charge in [-0.05, 0) is 37.4 Å². The molecule has 2 rings (SSSR count). The Morgan fingerprint density at radius 3 is 2.74 bits per heavy atom. The molecule has 0 spiro atoms. The molecule has 1 N–H and O–H groups in total.